The van der Waals surface area contributed by atoms with E-state index in [1.807, 2.05) is 0 Å². The molecule has 4 N–H and O–H groups in total. The maximum atomic E-state index is 11.9. The van der Waals surface area contributed by atoms with Gasteiger partial charge in [-0.3, -0.25) is 14.5 Å². The molecule has 2 amide bonds. The summed E-state index contributed by atoms with van der Waals surface area (Å²) in [6.07, 6.45) is 0. The molecular weight excluding hydrogens is 264 g/mol. The smallest absolute Gasteiger partial charge is 0.251 e. The van der Waals surface area contributed by atoms with Gasteiger partial charge in [-0.05, 0) is 18.4 Å². The number of amides is 2. The van der Waals surface area contributed by atoms with Crippen molar-refractivity contribution in [1.29, 1.82) is 0 Å². The van der Waals surface area contributed by atoms with Crippen molar-refractivity contribution in [3.8, 4) is 0 Å². The summed E-state index contributed by atoms with van der Waals surface area (Å²) in [6.45, 7) is 5.02. The zero-order chi connectivity index (χ0) is 13.8. The Kier molecular flexibility index (Phi) is 4.52. The van der Waals surface area contributed by atoms with E-state index in [0.717, 1.165) is 19.6 Å². The van der Waals surface area contributed by atoms with Crippen LogP contribution in [0.3, 0.4) is 0 Å². The van der Waals surface area contributed by atoms with Crippen LogP contribution in [0.4, 0.5) is 5.00 Å². The summed E-state index contributed by atoms with van der Waals surface area (Å²) in [5.41, 5.74) is 5.60. The summed E-state index contributed by atoms with van der Waals surface area (Å²) < 4.78 is 0. The lowest BCUT2D eigenvalue weighted by Crippen LogP contribution is -2.51. The maximum Gasteiger partial charge on any atom is 0.251 e. The van der Waals surface area contributed by atoms with E-state index in [1.54, 1.807) is 11.4 Å². The first-order chi connectivity index (χ1) is 9.06. The molecule has 1 aromatic heterocycles. The van der Waals surface area contributed by atoms with Crippen molar-refractivity contribution in [2.24, 2.45) is 5.73 Å². The Morgan fingerprint density at radius 1 is 1.63 bits per heavy atom. The summed E-state index contributed by atoms with van der Waals surface area (Å²) >= 11 is 1.31. The maximum absolute atomic E-state index is 11.9. The Morgan fingerprint density at radius 3 is 3.11 bits per heavy atom. The number of piperazine rings is 1. The lowest BCUT2D eigenvalue weighted by atomic mass is 10.2. The summed E-state index contributed by atoms with van der Waals surface area (Å²) in [4.78, 5) is 25.2. The number of hydrogen-bond donors (Lipinski definition) is 3. The fraction of sp³-hybridized carbons (Fsp3) is 0.500. The lowest BCUT2D eigenvalue weighted by molar-refractivity contribution is -0.117. The minimum absolute atomic E-state index is 0.112. The van der Waals surface area contributed by atoms with Crippen LogP contribution in [0.25, 0.3) is 0 Å². The number of carbonyl (C=O) groups excluding carboxylic acids is 2. The average molecular weight is 282 g/mol. The Morgan fingerprint density at radius 2 is 2.42 bits per heavy atom. The van der Waals surface area contributed by atoms with Crippen LogP contribution in [-0.2, 0) is 4.79 Å². The molecule has 0 unspecified atom stereocenters. The van der Waals surface area contributed by atoms with Crippen LogP contribution in [0.1, 0.15) is 17.3 Å². The van der Waals surface area contributed by atoms with E-state index in [9.17, 15) is 9.59 Å². The molecule has 7 heteroatoms. The standard InChI is InChI=1S/C12H18N4O2S/c1-8-6-16(4-3-14-8)7-10(17)15-12-9(11(13)18)2-5-19-12/h2,5,8,14H,3-4,6-7H2,1H3,(H2,13,18)(H,15,17)/t8-/m1/s1. The average Bonchev–Trinajstić information content (AvgIpc) is 2.76. The Labute approximate surface area is 116 Å². The number of nitrogens with zero attached hydrogens (tertiary/aromatic N) is 1. The summed E-state index contributed by atoms with van der Waals surface area (Å²) in [5, 5.41) is 8.34. The predicted octanol–water partition coefficient (Wildman–Crippen LogP) is 0.0792. The number of hydrogen-bond acceptors (Lipinski definition) is 5. The quantitative estimate of drug-likeness (QED) is 0.730. The van der Waals surface area contributed by atoms with E-state index in [1.165, 1.54) is 11.3 Å². The molecular formula is C12H18N4O2S. The number of thiophene rings is 1. The SMILES string of the molecule is C[C@@H]1CN(CC(=O)Nc2sccc2C(N)=O)CCN1. The first-order valence-corrected chi connectivity index (χ1v) is 7.07. The topological polar surface area (TPSA) is 87.5 Å². The minimum Gasteiger partial charge on any atom is -0.366 e. The van der Waals surface area contributed by atoms with Gasteiger partial charge in [0, 0.05) is 25.7 Å². The third-order valence-corrected chi connectivity index (χ3v) is 3.83. The highest BCUT2D eigenvalue weighted by molar-refractivity contribution is 7.14. The highest BCUT2D eigenvalue weighted by Crippen LogP contribution is 2.22. The van der Waals surface area contributed by atoms with E-state index in [-0.39, 0.29) is 5.91 Å². The van der Waals surface area contributed by atoms with E-state index >= 15 is 0 Å². The van der Waals surface area contributed by atoms with Crippen molar-refractivity contribution in [2.45, 2.75) is 13.0 Å². The number of nitrogens with two attached hydrogens (primary N) is 1. The van der Waals surface area contributed by atoms with Crippen molar-refractivity contribution in [3.05, 3.63) is 17.0 Å². The Balaban J connectivity index is 1.90. The molecule has 0 bridgehead atoms. The fourth-order valence-electron chi connectivity index (χ4n) is 2.13. The summed E-state index contributed by atoms with van der Waals surface area (Å²) in [6, 6.07) is 2.01. The highest BCUT2D eigenvalue weighted by atomic mass is 32.1. The second kappa shape index (κ2) is 6.14. The van der Waals surface area contributed by atoms with E-state index in [2.05, 4.69) is 22.5 Å². The molecule has 2 rings (SSSR count). The van der Waals surface area contributed by atoms with Gasteiger partial charge in [-0.15, -0.1) is 11.3 Å². The van der Waals surface area contributed by atoms with Crippen LogP contribution in [0.2, 0.25) is 0 Å². The van der Waals surface area contributed by atoms with Gasteiger partial charge in [0.25, 0.3) is 5.91 Å². The monoisotopic (exact) mass is 282 g/mol. The normalized spacial score (nSPS) is 20.2. The largest absolute Gasteiger partial charge is 0.366 e. The zero-order valence-electron chi connectivity index (χ0n) is 10.8. The van der Waals surface area contributed by atoms with Gasteiger partial charge in [0.2, 0.25) is 5.91 Å². The van der Waals surface area contributed by atoms with Gasteiger partial charge in [0.15, 0.2) is 0 Å². The minimum atomic E-state index is -0.521. The van der Waals surface area contributed by atoms with Crippen molar-refractivity contribution >= 4 is 28.2 Å². The molecule has 0 spiro atoms. The number of carbonyl (C=O) groups is 2. The molecule has 1 aliphatic rings. The molecule has 19 heavy (non-hydrogen) atoms. The number of primary amides is 1. The van der Waals surface area contributed by atoms with Crippen LogP contribution in [0, 0.1) is 0 Å². The van der Waals surface area contributed by atoms with Gasteiger partial charge in [-0.1, -0.05) is 0 Å². The molecule has 2 heterocycles. The first kappa shape index (κ1) is 14.0. The van der Waals surface area contributed by atoms with Crippen LogP contribution in [-0.4, -0.2) is 48.9 Å². The molecule has 1 saturated heterocycles. The molecule has 1 aliphatic heterocycles. The molecule has 1 aromatic rings. The predicted molar refractivity (Wildman–Crippen MR) is 75.4 cm³/mol. The third kappa shape index (κ3) is 3.76. The summed E-state index contributed by atoms with van der Waals surface area (Å²) in [5.74, 6) is -0.633. The molecule has 0 aromatic carbocycles. The van der Waals surface area contributed by atoms with Gasteiger partial charge < -0.3 is 16.4 Å². The Hall–Kier alpha value is -1.44. The molecule has 0 saturated carbocycles. The second-order valence-electron chi connectivity index (χ2n) is 4.67. The van der Waals surface area contributed by atoms with Crippen molar-refractivity contribution in [3.63, 3.8) is 0 Å². The second-order valence-corrected chi connectivity index (χ2v) is 5.58. The van der Waals surface area contributed by atoms with E-state index in [0.29, 0.717) is 23.2 Å². The van der Waals surface area contributed by atoms with Crippen molar-refractivity contribution in [2.75, 3.05) is 31.5 Å². The van der Waals surface area contributed by atoms with Gasteiger partial charge in [-0.25, -0.2) is 0 Å². The fourth-order valence-corrected chi connectivity index (χ4v) is 2.93. The highest BCUT2D eigenvalue weighted by Gasteiger charge is 2.19. The van der Waals surface area contributed by atoms with Gasteiger partial charge in [0.1, 0.15) is 5.00 Å². The van der Waals surface area contributed by atoms with Crippen LogP contribution in [0.15, 0.2) is 11.4 Å². The van der Waals surface area contributed by atoms with Gasteiger partial charge in [0.05, 0.1) is 12.1 Å². The zero-order valence-corrected chi connectivity index (χ0v) is 11.6. The van der Waals surface area contributed by atoms with Gasteiger partial charge >= 0.3 is 0 Å². The van der Waals surface area contributed by atoms with Crippen LogP contribution < -0.4 is 16.4 Å². The first-order valence-electron chi connectivity index (χ1n) is 6.19. The number of nitrogens with one attached hydrogen (secondary N) is 2. The van der Waals surface area contributed by atoms with Gasteiger partial charge in [-0.2, -0.15) is 0 Å². The van der Waals surface area contributed by atoms with Crippen LogP contribution in [0.5, 0.6) is 0 Å². The van der Waals surface area contributed by atoms with Crippen molar-refractivity contribution < 1.29 is 9.59 Å². The molecule has 0 aliphatic carbocycles. The third-order valence-electron chi connectivity index (χ3n) is 3.00. The molecule has 0 radical (unpaired) electrons. The Bertz CT molecular complexity index is 474. The summed E-state index contributed by atoms with van der Waals surface area (Å²) in [7, 11) is 0. The lowest BCUT2D eigenvalue weighted by Gasteiger charge is -2.31. The molecule has 6 nitrogen and oxygen atoms in total. The molecule has 1 fully saturated rings. The molecule has 1 atom stereocenters. The van der Waals surface area contributed by atoms with E-state index < -0.39 is 5.91 Å². The van der Waals surface area contributed by atoms with Crippen LogP contribution >= 0.6 is 11.3 Å². The van der Waals surface area contributed by atoms with Crippen molar-refractivity contribution in [1.82, 2.24) is 10.2 Å². The number of rotatable bonds is 4. The van der Waals surface area contributed by atoms with E-state index in [4.69, 9.17) is 5.73 Å². The molecule has 104 valence electrons. The number of anilines is 1.